The van der Waals surface area contributed by atoms with E-state index in [4.69, 9.17) is 4.74 Å². The van der Waals surface area contributed by atoms with E-state index < -0.39 is 0 Å². The normalized spacial score (nSPS) is 26.8. The zero-order valence-corrected chi connectivity index (χ0v) is 19.5. The summed E-state index contributed by atoms with van der Waals surface area (Å²) < 4.78 is 5.05. The summed E-state index contributed by atoms with van der Waals surface area (Å²) in [7, 11) is 3.60. The second-order valence-electron chi connectivity index (χ2n) is 9.34. The van der Waals surface area contributed by atoms with Crippen molar-refractivity contribution >= 4 is 16.5 Å². The van der Waals surface area contributed by atoms with Crippen LogP contribution in [-0.2, 0) is 0 Å². The minimum absolute atomic E-state index is 0.104. The molecule has 2 fully saturated rings. The summed E-state index contributed by atoms with van der Waals surface area (Å²) in [6.45, 7) is 4.65. The van der Waals surface area contributed by atoms with Crippen molar-refractivity contribution in [2.75, 3.05) is 19.1 Å². The molecule has 3 atom stereocenters. The fourth-order valence-electron chi connectivity index (χ4n) is 5.09. The van der Waals surface area contributed by atoms with Gasteiger partial charge < -0.3 is 20.1 Å². The van der Waals surface area contributed by atoms with Crippen molar-refractivity contribution in [3.63, 3.8) is 0 Å². The molecule has 0 saturated carbocycles. The average Bonchev–Trinajstić information content (AvgIpc) is 3.34. The Hall–Kier alpha value is -2.85. The number of phenolic OH excluding ortho intramolecular Hbond substituents is 1. The summed E-state index contributed by atoms with van der Waals surface area (Å²) in [5, 5.41) is 24.9. The minimum Gasteiger partial charge on any atom is -0.507 e. The lowest BCUT2D eigenvalue weighted by Gasteiger charge is -2.45. The van der Waals surface area contributed by atoms with E-state index in [1.165, 1.54) is 37.6 Å². The molecule has 3 aromatic rings. The number of anilines is 1. The highest BCUT2D eigenvalue weighted by atomic mass is 32.1. The van der Waals surface area contributed by atoms with Crippen molar-refractivity contribution in [2.45, 2.75) is 56.7 Å². The number of aromatic nitrogens is 5. The maximum absolute atomic E-state index is 10.7. The van der Waals surface area contributed by atoms with Gasteiger partial charge in [-0.25, -0.2) is 4.98 Å². The predicted octanol–water partition coefficient (Wildman–Crippen LogP) is 3.27. The van der Waals surface area contributed by atoms with Gasteiger partial charge in [0.15, 0.2) is 10.8 Å². The maximum atomic E-state index is 10.7. The van der Waals surface area contributed by atoms with Crippen LogP contribution >= 0.6 is 11.3 Å². The van der Waals surface area contributed by atoms with Crippen molar-refractivity contribution in [1.82, 2.24) is 30.5 Å². The number of fused-ring (bicyclic) bond motifs is 2. The maximum Gasteiger partial charge on any atom is 0.319 e. The lowest BCUT2D eigenvalue weighted by atomic mass is 9.84. The number of methoxy groups -OCH3 is 1. The predicted molar refractivity (Wildman–Crippen MR) is 123 cm³/mol. The molecule has 0 amide bonds. The van der Waals surface area contributed by atoms with Crippen LogP contribution in [0.3, 0.4) is 0 Å². The Balaban J connectivity index is 1.37. The number of hydrogen-bond donors (Lipinski definition) is 2. The number of nitrogens with one attached hydrogen (secondary N) is 1. The zero-order chi connectivity index (χ0) is 22.5. The third kappa shape index (κ3) is 3.77. The van der Waals surface area contributed by atoms with E-state index in [2.05, 4.69) is 56.3 Å². The molecule has 2 N–H and O–H groups in total. The molecule has 2 aliphatic rings. The zero-order valence-electron chi connectivity index (χ0n) is 18.7. The molecule has 2 aliphatic heterocycles. The number of phenols is 1. The summed E-state index contributed by atoms with van der Waals surface area (Å²) in [4.78, 5) is 14.6. The van der Waals surface area contributed by atoms with Gasteiger partial charge >= 0.3 is 6.01 Å². The fraction of sp³-hybridized carbons (Fsp3) is 0.500. The minimum atomic E-state index is 0.104. The number of nitrogens with zero attached hydrogens (tertiary/aromatic N) is 6. The van der Waals surface area contributed by atoms with E-state index in [-0.39, 0.29) is 22.8 Å². The number of aromatic hydroxyl groups is 1. The molecule has 0 aliphatic carbocycles. The highest BCUT2D eigenvalue weighted by Crippen LogP contribution is 2.45. The molecular formula is C22H27N7O2S. The van der Waals surface area contributed by atoms with Crippen LogP contribution in [0.4, 0.5) is 5.13 Å². The number of hydrogen-bond acceptors (Lipinski definition) is 10. The van der Waals surface area contributed by atoms with Gasteiger partial charge in [0.1, 0.15) is 12.1 Å². The average molecular weight is 454 g/mol. The van der Waals surface area contributed by atoms with Gasteiger partial charge in [-0.2, -0.15) is 9.97 Å². The van der Waals surface area contributed by atoms with Crippen molar-refractivity contribution in [3.05, 3.63) is 24.5 Å². The standard InChI is InChI=1S/C22H27N7O2S/c1-21-7-8-22(2,28-21)11-14(10-21)29(3)20-27-26-18(32-20)15-6-5-13(9-16(15)30)17-23-12-24-19(25-17)31-4/h5-6,9,12,14,28,30H,7-8,10-11H2,1-4H3/t14?,21-,22+. The van der Waals surface area contributed by atoms with E-state index in [1.54, 1.807) is 6.07 Å². The van der Waals surface area contributed by atoms with Crippen LogP contribution in [0.5, 0.6) is 11.8 Å². The highest BCUT2D eigenvalue weighted by molar-refractivity contribution is 7.18. The summed E-state index contributed by atoms with van der Waals surface area (Å²) in [5.41, 5.74) is 1.67. The Labute approximate surface area is 190 Å². The Kier molecular flexibility index (Phi) is 5.01. The lowest BCUT2D eigenvalue weighted by molar-refractivity contribution is 0.208. The Morgan fingerprint density at radius 2 is 1.91 bits per heavy atom. The van der Waals surface area contributed by atoms with Crippen LogP contribution in [0, 0.1) is 0 Å². The van der Waals surface area contributed by atoms with Crippen molar-refractivity contribution in [1.29, 1.82) is 0 Å². The smallest absolute Gasteiger partial charge is 0.319 e. The molecule has 0 radical (unpaired) electrons. The van der Waals surface area contributed by atoms with E-state index >= 15 is 0 Å². The number of piperidine rings is 1. The monoisotopic (exact) mass is 453 g/mol. The second kappa shape index (κ2) is 7.63. The Bertz CT molecular complexity index is 1140. The highest BCUT2D eigenvalue weighted by Gasteiger charge is 2.49. The molecule has 2 bridgehead atoms. The first-order chi connectivity index (χ1) is 15.3. The van der Waals surface area contributed by atoms with Gasteiger partial charge in [0.05, 0.1) is 12.7 Å². The van der Waals surface area contributed by atoms with E-state index in [0.29, 0.717) is 28.0 Å². The molecule has 2 saturated heterocycles. The van der Waals surface area contributed by atoms with Gasteiger partial charge in [-0.05, 0) is 51.7 Å². The van der Waals surface area contributed by atoms with Crippen LogP contribution in [0.15, 0.2) is 24.5 Å². The molecule has 10 heteroatoms. The number of benzene rings is 1. The first kappa shape index (κ1) is 21.0. The molecule has 168 valence electrons. The summed E-state index contributed by atoms with van der Waals surface area (Å²) in [6, 6.07) is 5.92. The summed E-state index contributed by atoms with van der Waals surface area (Å²) in [6.07, 6.45) is 5.98. The Morgan fingerprint density at radius 1 is 1.16 bits per heavy atom. The molecule has 0 spiro atoms. The van der Waals surface area contributed by atoms with Gasteiger partial charge in [0.25, 0.3) is 0 Å². The first-order valence-corrected chi connectivity index (χ1v) is 11.5. The van der Waals surface area contributed by atoms with Gasteiger partial charge in [0.2, 0.25) is 5.13 Å². The molecule has 1 aromatic carbocycles. The fourth-order valence-corrected chi connectivity index (χ4v) is 6.00. The molecule has 5 rings (SSSR count). The lowest BCUT2D eigenvalue weighted by Crippen LogP contribution is -2.58. The summed E-state index contributed by atoms with van der Waals surface area (Å²) in [5.74, 6) is 0.533. The molecule has 32 heavy (non-hydrogen) atoms. The molecule has 2 aromatic heterocycles. The quantitative estimate of drug-likeness (QED) is 0.601. The van der Waals surface area contributed by atoms with Crippen LogP contribution in [0.2, 0.25) is 0 Å². The van der Waals surface area contributed by atoms with Crippen LogP contribution in [-0.4, -0.2) is 61.5 Å². The second-order valence-corrected chi connectivity index (χ2v) is 10.3. The van der Waals surface area contributed by atoms with Gasteiger partial charge in [-0.15, -0.1) is 10.2 Å². The van der Waals surface area contributed by atoms with Crippen LogP contribution in [0.1, 0.15) is 39.5 Å². The largest absolute Gasteiger partial charge is 0.507 e. The molecule has 4 heterocycles. The van der Waals surface area contributed by atoms with Gasteiger partial charge in [-0.3, -0.25) is 0 Å². The van der Waals surface area contributed by atoms with Crippen molar-refractivity contribution in [2.24, 2.45) is 0 Å². The third-order valence-electron chi connectivity index (χ3n) is 6.69. The third-order valence-corrected chi connectivity index (χ3v) is 7.73. The first-order valence-electron chi connectivity index (χ1n) is 10.7. The number of rotatable bonds is 5. The topological polar surface area (TPSA) is 109 Å². The summed E-state index contributed by atoms with van der Waals surface area (Å²) >= 11 is 1.49. The molecule has 9 nitrogen and oxygen atoms in total. The molecule has 1 unspecified atom stereocenters. The van der Waals surface area contributed by atoms with Gasteiger partial charge in [0, 0.05) is 29.7 Å². The number of ether oxygens (including phenoxy) is 1. The Morgan fingerprint density at radius 3 is 2.59 bits per heavy atom. The molecular weight excluding hydrogens is 426 g/mol. The SMILES string of the molecule is COc1ncnc(-c2ccc(-c3nnc(N(C)C4C[C@]5(C)CC[C@](C)(C4)N5)s3)c(O)c2)n1. The van der Waals surface area contributed by atoms with Crippen LogP contribution in [0.25, 0.3) is 22.0 Å². The van der Waals surface area contributed by atoms with E-state index in [9.17, 15) is 5.11 Å². The van der Waals surface area contributed by atoms with Crippen molar-refractivity contribution in [3.8, 4) is 33.7 Å². The van der Waals surface area contributed by atoms with E-state index in [1.807, 2.05) is 12.1 Å². The van der Waals surface area contributed by atoms with Crippen molar-refractivity contribution < 1.29 is 9.84 Å². The van der Waals surface area contributed by atoms with E-state index in [0.717, 1.165) is 18.0 Å². The van der Waals surface area contributed by atoms with Crippen LogP contribution < -0.4 is 15.0 Å². The van der Waals surface area contributed by atoms with Gasteiger partial charge in [-0.1, -0.05) is 17.4 Å².